The van der Waals surface area contributed by atoms with Crippen molar-refractivity contribution in [3.05, 3.63) is 29.8 Å². The van der Waals surface area contributed by atoms with Gasteiger partial charge in [0.05, 0.1) is 12.4 Å². The van der Waals surface area contributed by atoms with Crippen molar-refractivity contribution in [1.29, 1.82) is 0 Å². The van der Waals surface area contributed by atoms with Crippen molar-refractivity contribution in [2.24, 2.45) is 0 Å². The van der Waals surface area contributed by atoms with Gasteiger partial charge in [0, 0.05) is 12.7 Å². The van der Waals surface area contributed by atoms with Crippen LogP contribution in [0.4, 0.5) is 5.69 Å². The first-order valence-electron chi connectivity index (χ1n) is 5.79. The zero-order chi connectivity index (χ0) is 13.1. The molecule has 5 heteroatoms. The van der Waals surface area contributed by atoms with Gasteiger partial charge in [-0.15, -0.1) is 11.8 Å². The van der Waals surface area contributed by atoms with Gasteiger partial charge in [0.15, 0.2) is 0 Å². The fraction of sp³-hybridized carbons (Fsp3) is 0.385. The summed E-state index contributed by atoms with van der Waals surface area (Å²) in [4.78, 5) is 25.1. The number of thioether (sulfide) groups is 1. The Bertz CT molecular complexity index is 475. The Morgan fingerprint density at radius 1 is 1.44 bits per heavy atom. The summed E-state index contributed by atoms with van der Waals surface area (Å²) in [6.45, 7) is 2.14. The predicted octanol–water partition coefficient (Wildman–Crippen LogP) is 2.00. The number of para-hydroxylation sites is 1. The third-order valence-corrected chi connectivity index (χ3v) is 4.00. The summed E-state index contributed by atoms with van der Waals surface area (Å²) in [6.07, 6.45) is 0. The van der Waals surface area contributed by atoms with E-state index in [9.17, 15) is 9.59 Å². The standard InChI is InChI=1S/C13H15NO3S/c1-3-17-11(15)8-18-12-9-6-4-5-7-10(9)14(2)13(12)16/h4-7,12H,3,8H2,1-2H3. The van der Waals surface area contributed by atoms with E-state index in [2.05, 4.69) is 0 Å². The van der Waals surface area contributed by atoms with Crippen LogP contribution in [0.3, 0.4) is 0 Å². The Balaban J connectivity index is 2.10. The topological polar surface area (TPSA) is 46.6 Å². The highest BCUT2D eigenvalue weighted by Gasteiger charge is 2.35. The van der Waals surface area contributed by atoms with Crippen LogP contribution < -0.4 is 4.90 Å². The van der Waals surface area contributed by atoms with Gasteiger partial charge in [-0.25, -0.2) is 0 Å². The number of nitrogens with zero attached hydrogens (tertiary/aromatic N) is 1. The number of hydrogen-bond acceptors (Lipinski definition) is 4. The van der Waals surface area contributed by atoms with Gasteiger partial charge in [-0.2, -0.15) is 0 Å². The van der Waals surface area contributed by atoms with Crippen LogP contribution >= 0.6 is 11.8 Å². The Labute approximate surface area is 110 Å². The van der Waals surface area contributed by atoms with Crippen molar-refractivity contribution in [3.63, 3.8) is 0 Å². The number of esters is 1. The molecule has 1 aliphatic heterocycles. The lowest BCUT2D eigenvalue weighted by Gasteiger charge is -2.10. The molecule has 0 spiro atoms. The molecule has 18 heavy (non-hydrogen) atoms. The lowest BCUT2D eigenvalue weighted by atomic mass is 10.2. The minimum atomic E-state index is -0.296. The molecule has 2 rings (SSSR count). The lowest BCUT2D eigenvalue weighted by molar-refractivity contribution is -0.139. The number of carbonyl (C=O) groups excluding carboxylic acids is 2. The second-order valence-electron chi connectivity index (χ2n) is 3.95. The highest BCUT2D eigenvalue weighted by atomic mass is 32.2. The van der Waals surface area contributed by atoms with Crippen molar-refractivity contribution in [3.8, 4) is 0 Å². The molecule has 96 valence electrons. The average molecular weight is 265 g/mol. The summed E-state index contributed by atoms with van der Waals surface area (Å²) in [5.41, 5.74) is 1.89. The molecule has 0 saturated carbocycles. The van der Waals surface area contributed by atoms with E-state index in [0.717, 1.165) is 11.3 Å². The van der Waals surface area contributed by atoms with Crippen LogP contribution in [0.25, 0.3) is 0 Å². The number of fused-ring (bicyclic) bond motifs is 1. The van der Waals surface area contributed by atoms with Crippen LogP contribution in [0.2, 0.25) is 0 Å². The molecule has 1 unspecified atom stereocenters. The van der Waals surface area contributed by atoms with Crippen LogP contribution in [-0.4, -0.2) is 31.3 Å². The molecular weight excluding hydrogens is 250 g/mol. The van der Waals surface area contributed by atoms with Gasteiger partial charge in [0.1, 0.15) is 5.25 Å². The predicted molar refractivity (Wildman–Crippen MR) is 71.7 cm³/mol. The van der Waals surface area contributed by atoms with Gasteiger partial charge >= 0.3 is 5.97 Å². The molecule has 4 nitrogen and oxygen atoms in total. The second kappa shape index (κ2) is 5.44. The van der Waals surface area contributed by atoms with E-state index < -0.39 is 0 Å². The number of hydrogen-bond donors (Lipinski definition) is 0. The summed E-state index contributed by atoms with van der Waals surface area (Å²) < 4.78 is 4.87. The van der Waals surface area contributed by atoms with Gasteiger partial charge in [-0.05, 0) is 18.6 Å². The van der Waals surface area contributed by atoms with E-state index in [1.807, 2.05) is 24.3 Å². The van der Waals surface area contributed by atoms with Crippen molar-refractivity contribution >= 4 is 29.3 Å². The van der Waals surface area contributed by atoms with Crippen molar-refractivity contribution < 1.29 is 14.3 Å². The molecule has 1 heterocycles. The Hall–Kier alpha value is -1.49. The lowest BCUT2D eigenvalue weighted by Crippen LogP contribution is -2.23. The molecule has 0 bridgehead atoms. The maximum absolute atomic E-state index is 12.1. The van der Waals surface area contributed by atoms with Gasteiger partial charge in [0.25, 0.3) is 0 Å². The molecule has 0 aliphatic carbocycles. The van der Waals surface area contributed by atoms with Crippen LogP contribution in [0, 0.1) is 0 Å². The summed E-state index contributed by atoms with van der Waals surface area (Å²) in [5, 5.41) is -0.296. The van der Waals surface area contributed by atoms with Crippen molar-refractivity contribution in [2.45, 2.75) is 12.2 Å². The fourth-order valence-corrected chi connectivity index (χ4v) is 3.02. The normalized spacial score (nSPS) is 17.8. The number of carbonyl (C=O) groups is 2. The Morgan fingerprint density at radius 2 is 2.17 bits per heavy atom. The molecule has 1 aromatic rings. The largest absolute Gasteiger partial charge is 0.465 e. The van der Waals surface area contributed by atoms with Gasteiger partial charge in [-0.3, -0.25) is 9.59 Å². The summed E-state index contributed by atoms with van der Waals surface area (Å²) in [6, 6.07) is 7.65. The first kappa shape index (κ1) is 13.0. The molecule has 1 aromatic carbocycles. The monoisotopic (exact) mass is 265 g/mol. The van der Waals surface area contributed by atoms with E-state index in [4.69, 9.17) is 4.74 Å². The first-order chi connectivity index (χ1) is 8.65. The zero-order valence-electron chi connectivity index (χ0n) is 10.4. The quantitative estimate of drug-likeness (QED) is 0.781. The van der Waals surface area contributed by atoms with Gasteiger partial charge < -0.3 is 9.64 Å². The third kappa shape index (κ3) is 2.36. The Kier molecular flexibility index (Phi) is 3.91. The van der Waals surface area contributed by atoms with Crippen LogP contribution in [0.1, 0.15) is 17.7 Å². The first-order valence-corrected chi connectivity index (χ1v) is 6.83. The molecule has 0 radical (unpaired) electrons. The third-order valence-electron chi connectivity index (χ3n) is 2.81. The minimum absolute atomic E-state index is 0.0190. The highest BCUT2D eigenvalue weighted by molar-refractivity contribution is 8.00. The minimum Gasteiger partial charge on any atom is -0.465 e. The summed E-state index contributed by atoms with van der Waals surface area (Å²) in [5.74, 6) is -0.0558. The second-order valence-corrected chi connectivity index (χ2v) is 5.05. The summed E-state index contributed by atoms with van der Waals surface area (Å²) in [7, 11) is 1.76. The number of rotatable bonds is 4. The van der Waals surface area contributed by atoms with E-state index in [1.165, 1.54) is 11.8 Å². The molecular formula is C13H15NO3S. The van der Waals surface area contributed by atoms with Crippen LogP contribution in [0.5, 0.6) is 0 Å². The molecule has 0 saturated heterocycles. The smallest absolute Gasteiger partial charge is 0.315 e. The van der Waals surface area contributed by atoms with Crippen LogP contribution in [-0.2, 0) is 14.3 Å². The number of amides is 1. The SMILES string of the molecule is CCOC(=O)CSC1C(=O)N(C)c2ccccc21. The summed E-state index contributed by atoms with van der Waals surface area (Å²) >= 11 is 1.32. The maximum Gasteiger partial charge on any atom is 0.315 e. The van der Waals surface area contributed by atoms with Crippen molar-refractivity contribution in [1.82, 2.24) is 0 Å². The molecule has 0 fully saturated rings. The highest BCUT2D eigenvalue weighted by Crippen LogP contribution is 2.42. The van der Waals surface area contributed by atoms with E-state index >= 15 is 0 Å². The Morgan fingerprint density at radius 3 is 2.89 bits per heavy atom. The number of benzene rings is 1. The fourth-order valence-electron chi connectivity index (χ4n) is 1.96. The van der Waals surface area contributed by atoms with E-state index in [-0.39, 0.29) is 22.9 Å². The maximum atomic E-state index is 12.1. The van der Waals surface area contributed by atoms with E-state index in [1.54, 1.807) is 18.9 Å². The number of likely N-dealkylation sites (N-methyl/N-ethyl adjacent to an activating group) is 1. The average Bonchev–Trinajstić information content (AvgIpc) is 2.61. The van der Waals surface area contributed by atoms with E-state index in [0.29, 0.717) is 6.61 Å². The molecule has 1 amide bonds. The van der Waals surface area contributed by atoms with Gasteiger partial charge in [-0.1, -0.05) is 18.2 Å². The molecule has 0 N–H and O–H groups in total. The van der Waals surface area contributed by atoms with Crippen LogP contribution in [0.15, 0.2) is 24.3 Å². The zero-order valence-corrected chi connectivity index (χ0v) is 11.2. The van der Waals surface area contributed by atoms with Crippen molar-refractivity contribution in [2.75, 3.05) is 24.3 Å². The number of anilines is 1. The molecule has 1 atom stereocenters. The van der Waals surface area contributed by atoms with Gasteiger partial charge in [0.2, 0.25) is 5.91 Å². The molecule has 1 aliphatic rings. The molecule has 0 aromatic heterocycles. The number of ether oxygens (including phenoxy) is 1.